The summed E-state index contributed by atoms with van der Waals surface area (Å²) < 4.78 is 5.62. The second-order valence-electron chi connectivity index (χ2n) is 7.22. The highest BCUT2D eigenvalue weighted by atomic mass is 16.5. The Morgan fingerprint density at radius 3 is 2.78 bits per heavy atom. The van der Waals surface area contributed by atoms with E-state index in [0.717, 1.165) is 41.6 Å². The molecule has 3 aromatic rings. The van der Waals surface area contributed by atoms with E-state index in [0.29, 0.717) is 12.1 Å². The van der Waals surface area contributed by atoms with Crippen molar-refractivity contribution in [3.63, 3.8) is 0 Å². The van der Waals surface area contributed by atoms with E-state index < -0.39 is 0 Å². The predicted molar refractivity (Wildman–Crippen MR) is 108 cm³/mol. The van der Waals surface area contributed by atoms with E-state index >= 15 is 0 Å². The Balaban J connectivity index is 1.71. The van der Waals surface area contributed by atoms with Crippen molar-refractivity contribution in [2.24, 2.45) is 0 Å². The van der Waals surface area contributed by atoms with E-state index in [1.165, 1.54) is 11.1 Å². The van der Waals surface area contributed by atoms with Gasteiger partial charge in [0.25, 0.3) is 5.91 Å². The molecule has 27 heavy (non-hydrogen) atoms. The molecule has 1 aromatic heterocycles. The standard InChI is InChI=1S/C23H24N2O2/c1-15-9-10-17(12-16(15)2)22-13-20(19-7-3-4-8-21(19)25-22)23(26)24-14-18-6-5-11-27-18/h3-4,7-10,12-13,18H,5-6,11,14H2,1-2H3,(H,24,26). The van der Waals surface area contributed by atoms with Gasteiger partial charge in [0.2, 0.25) is 0 Å². The predicted octanol–water partition coefficient (Wildman–Crippen LogP) is 4.43. The van der Waals surface area contributed by atoms with Gasteiger partial charge in [0.15, 0.2) is 0 Å². The summed E-state index contributed by atoms with van der Waals surface area (Å²) in [6.45, 7) is 5.52. The minimum atomic E-state index is -0.0748. The first-order valence-electron chi connectivity index (χ1n) is 9.49. The average molecular weight is 360 g/mol. The molecule has 1 amide bonds. The Bertz CT molecular complexity index is 991. The number of para-hydroxylation sites is 1. The van der Waals surface area contributed by atoms with Gasteiger partial charge in [-0.25, -0.2) is 4.98 Å². The van der Waals surface area contributed by atoms with Gasteiger partial charge in [-0.2, -0.15) is 0 Å². The fourth-order valence-corrected chi connectivity index (χ4v) is 3.52. The van der Waals surface area contributed by atoms with E-state index in [1.807, 2.05) is 30.3 Å². The number of fused-ring (bicyclic) bond motifs is 1. The third-order valence-electron chi connectivity index (χ3n) is 5.28. The Morgan fingerprint density at radius 1 is 1.15 bits per heavy atom. The summed E-state index contributed by atoms with van der Waals surface area (Å²) in [5.74, 6) is -0.0748. The molecule has 2 heterocycles. The molecule has 4 nitrogen and oxygen atoms in total. The number of pyridine rings is 1. The first-order valence-corrected chi connectivity index (χ1v) is 9.49. The van der Waals surface area contributed by atoms with Gasteiger partial charge in [-0.3, -0.25) is 4.79 Å². The second-order valence-corrected chi connectivity index (χ2v) is 7.22. The lowest BCUT2D eigenvalue weighted by atomic mass is 10.0. The first kappa shape index (κ1) is 17.7. The number of hydrogen-bond donors (Lipinski definition) is 1. The van der Waals surface area contributed by atoms with Crippen molar-refractivity contribution >= 4 is 16.8 Å². The first-order chi connectivity index (χ1) is 13.1. The number of hydrogen-bond acceptors (Lipinski definition) is 3. The number of amides is 1. The van der Waals surface area contributed by atoms with Crippen LogP contribution in [0.3, 0.4) is 0 Å². The number of aryl methyl sites for hydroxylation is 2. The Hall–Kier alpha value is -2.72. The van der Waals surface area contributed by atoms with Crippen molar-refractivity contribution in [3.8, 4) is 11.3 Å². The summed E-state index contributed by atoms with van der Waals surface area (Å²) in [6, 6.07) is 16.0. The topological polar surface area (TPSA) is 51.2 Å². The molecular weight excluding hydrogens is 336 g/mol. The zero-order chi connectivity index (χ0) is 18.8. The van der Waals surface area contributed by atoms with Crippen molar-refractivity contribution in [1.82, 2.24) is 10.3 Å². The maximum absolute atomic E-state index is 12.9. The van der Waals surface area contributed by atoms with Crippen molar-refractivity contribution < 1.29 is 9.53 Å². The quantitative estimate of drug-likeness (QED) is 0.749. The zero-order valence-corrected chi connectivity index (χ0v) is 15.8. The van der Waals surface area contributed by atoms with Crippen molar-refractivity contribution in [2.75, 3.05) is 13.2 Å². The number of aromatic nitrogens is 1. The van der Waals surface area contributed by atoms with E-state index in [1.54, 1.807) is 0 Å². The summed E-state index contributed by atoms with van der Waals surface area (Å²) in [5.41, 5.74) is 5.79. The van der Waals surface area contributed by atoms with Gasteiger partial charge in [-0.1, -0.05) is 30.3 Å². The number of nitrogens with zero attached hydrogens (tertiary/aromatic N) is 1. The van der Waals surface area contributed by atoms with Gasteiger partial charge < -0.3 is 10.1 Å². The molecule has 0 spiro atoms. The number of rotatable bonds is 4. The number of carbonyl (C=O) groups is 1. The molecule has 0 radical (unpaired) electrons. The Kier molecular flexibility index (Phi) is 4.90. The van der Waals surface area contributed by atoms with Gasteiger partial charge in [-0.05, 0) is 56.0 Å². The van der Waals surface area contributed by atoms with E-state index in [4.69, 9.17) is 9.72 Å². The number of benzene rings is 2. The minimum Gasteiger partial charge on any atom is -0.376 e. The lowest BCUT2D eigenvalue weighted by Gasteiger charge is -2.13. The molecule has 1 aliphatic heterocycles. The number of ether oxygens (including phenoxy) is 1. The number of nitrogens with one attached hydrogen (secondary N) is 1. The Morgan fingerprint density at radius 2 is 2.00 bits per heavy atom. The van der Waals surface area contributed by atoms with Gasteiger partial charge in [0, 0.05) is 24.1 Å². The fourth-order valence-electron chi connectivity index (χ4n) is 3.52. The molecule has 1 saturated heterocycles. The van der Waals surface area contributed by atoms with Crippen LogP contribution in [0.5, 0.6) is 0 Å². The monoisotopic (exact) mass is 360 g/mol. The van der Waals surface area contributed by atoms with Crippen LogP contribution in [0, 0.1) is 13.8 Å². The summed E-state index contributed by atoms with van der Waals surface area (Å²) in [7, 11) is 0. The van der Waals surface area contributed by atoms with Gasteiger partial charge in [-0.15, -0.1) is 0 Å². The summed E-state index contributed by atoms with van der Waals surface area (Å²) in [4.78, 5) is 17.7. The van der Waals surface area contributed by atoms with Crippen molar-refractivity contribution in [2.45, 2.75) is 32.8 Å². The highest BCUT2D eigenvalue weighted by Gasteiger charge is 2.18. The van der Waals surface area contributed by atoms with Crippen LogP contribution in [0.25, 0.3) is 22.2 Å². The highest BCUT2D eigenvalue weighted by Crippen LogP contribution is 2.26. The van der Waals surface area contributed by atoms with Crippen LogP contribution < -0.4 is 5.32 Å². The van der Waals surface area contributed by atoms with Gasteiger partial charge in [0.1, 0.15) is 0 Å². The molecule has 0 bridgehead atoms. The minimum absolute atomic E-state index is 0.0748. The molecule has 1 aliphatic rings. The average Bonchev–Trinajstić information content (AvgIpc) is 3.21. The molecule has 138 valence electrons. The summed E-state index contributed by atoms with van der Waals surface area (Å²) in [6.07, 6.45) is 2.20. The molecule has 0 saturated carbocycles. The zero-order valence-electron chi connectivity index (χ0n) is 15.8. The molecule has 1 N–H and O–H groups in total. The lowest BCUT2D eigenvalue weighted by Crippen LogP contribution is -2.31. The SMILES string of the molecule is Cc1ccc(-c2cc(C(=O)NCC3CCCO3)c3ccccc3n2)cc1C. The largest absolute Gasteiger partial charge is 0.376 e. The third kappa shape index (κ3) is 3.71. The van der Waals surface area contributed by atoms with Crippen LogP contribution in [0.15, 0.2) is 48.5 Å². The van der Waals surface area contributed by atoms with Crippen LogP contribution in [-0.2, 0) is 4.74 Å². The number of carbonyl (C=O) groups excluding carboxylic acids is 1. The van der Waals surface area contributed by atoms with Crippen LogP contribution >= 0.6 is 0 Å². The lowest BCUT2D eigenvalue weighted by molar-refractivity contribution is 0.0859. The maximum atomic E-state index is 12.9. The van der Waals surface area contributed by atoms with Crippen LogP contribution in [0.4, 0.5) is 0 Å². The Labute approximate surface area is 159 Å². The van der Waals surface area contributed by atoms with Crippen molar-refractivity contribution in [1.29, 1.82) is 0 Å². The van der Waals surface area contributed by atoms with Gasteiger partial charge in [0.05, 0.1) is 22.9 Å². The second kappa shape index (κ2) is 7.49. The molecule has 1 atom stereocenters. The summed E-state index contributed by atoms with van der Waals surface area (Å²) >= 11 is 0. The molecule has 2 aromatic carbocycles. The fraction of sp³-hybridized carbons (Fsp3) is 0.304. The molecule has 4 heteroatoms. The highest BCUT2D eigenvalue weighted by molar-refractivity contribution is 6.07. The van der Waals surface area contributed by atoms with E-state index in [9.17, 15) is 4.79 Å². The molecule has 4 rings (SSSR count). The van der Waals surface area contributed by atoms with E-state index in [-0.39, 0.29) is 12.0 Å². The van der Waals surface area contributed by atoms with E-state index in [2.05, 4.69) is 37.4 Å². The van der Waals surface area contributed by atoms with Gasteiger partial charge >= 0.3 is 0 Å². The van der Waals surface area contributed by atoms with Crippen LogP contribution in [-0.4, -0.2) is 30.1 Å². The normalized spacial score (nSPS) is 16.6. The molecule has 1 fully saturated rings. The summed E-state index contributed by atoms with van der Waals surface area (Å²) in [5, 5.41) is 3.91. The van der Waals surface area contributed by atoms with Crippen molar-refractivity contribution in [3.05, 3.63) is 65.2 Å². The third-order valence-corrected chi connectivity index (χ3v) is 5.28. The maximum Gasteiger partial charge on any atom is 0.252 e. The van der Waals surface area contributed by atoms with Crippen LogP contribution in [0.2, 0.25) is 0 Å². The molecule has 0 aliphatic carbocycles. The molecule has 1 unspecified atom stereocenters. The molecular formula is C23H24N2O2. The van der Waals surface area contributed by atoms with Crippen LogP contribution in [0.1, 0.15) is 34.3 Å². The smallest absolute Gasteiger partial charge is 0.252 e.